The fourth-order valence-corrected chi connectivity index (χ4v) is 3.94. The van der Waals surface area contributed by atoms with E-state index in [1.54, 1.807) is 24.4 Å². The van der Waals surface area contributed by atoms with Crippen LogP contribution in [0.15, 0.2) is 73.1 Å². The number of hydrogen-bond donors (Lipinski definition) is 2. The molecule has 0 saturated heterocycles. The number of nitrogens with one attached hydrogen (secondary N) is 1. The van der Waals surface area contributed by atoms with E-state index in [9.17, 15) is 4.79 Å². The molecule has 0 fully saturated rings. The van der Waals surface area contributed by atoms with Gasteiger partial charge in [-0.1, -0.05) is 35.3 Å². The van der Waals surface area contributed by atoms with Crippen LogP contribution in [0, 0.1) is 0 Å². The Bertz CT molecular complexity index is 1440. The molecular weight excluding hydrogens is 449 g/mol. The SMILES string of the molecule is NC(=O)c1nn(-c2c(Cl)cccc2Cl)cc1Nc1ccc(-c2nnc3ccccn23)cc1. The van der Waals surface area contributed by atoms with E-state index < -0.39 is 5.91 Å². The standard InChI is InChI=1S/C22H15Cl2N7O/c23-15-4-3-5-16(24)20(15)31-12-17(19(29-31)21(25)32)26-14-9-7-13(8-10-14)22-28-27-18-6-1-2-11-30(18)22/h1-12,26H,(H2,25,32). The molecule has 3 aromatic heterocycles. The summed E-state index contributed by atoms with van der Waals surface area (Å²) in [7, 11) is 0. The lowest BCUT2D eigenvalue weighted by atomic mass is 10.2. The van der Waals surface area contributed by atoms with Gasteiger partial charge in [0, 0.05) is 17.4 Å². The number of aromatic nitrogens is 5. The second-order valence-corrected chi connectivity index (χ2v) is 7.74. The van der Waals surface area contributed by atoms with Gasteiger partial charge in [0.1, 0.15) is 5.69 Å². The maximum absolute atomic E-state index is 12.0. The summed E-state index contributed by atoms with van der Waals surface area (Å²) in [6, 6.07) is 18.4. The van der Waals surface area contributed by atoms with Crippen molar-refractivity contribution in [3.8, 4) is 17.1 Å². The summed E-state index contributed by atoms with van der Waals surface area (Å²) in [5.41, 5.74) is 8.87. The molecule has 3 heterocycles. The Kier molecular flexibility index (Phi) is 5.01. The van der Waals surface area contributed by atoms with Gasteiger partial charge in [0.2, 0.25) is 0 Å². The van der Waals surface area contributed by atoms with Crippen molar-refractivity contribution >= 4 is 46.1 Å². The van der Waals surface area contributed by atoms with Crippen LogP contribution in [0.3, 0.4) is 0 Å². The van der Waals surface area contributed by atoms with Gasteiger partial charge in [-0.15, -0.1) is 10.2 Å². The molecule has 0 atom stereocenters. The number of amides is 1. The highest BCUT2D eigenvalue weighted by molar-refractivity contribution is 6.37. The molecule has 0 aliphatic carbocycles. The predicted octanol–water partition coefficient (Wildman–Crippen LogP) is 4.73. The molecule has 32 heavy (non-hydrogen) atoms. The van der Waals surface area contributed by atoms with E-state index >= 15 is 0 Å². The van der Waals surface area contributed by atoms with Crippen molar-refractivity contribution in [2.75, 3.05) is 5.32 Å². The highest BCUT2D eigenvalue weighted by Crippen LogP contribution is 2.31. The minimum atomic E-state index is -0.680. The average molecular weight is 464 g/mol. The quantitative estimate of drug-likeness (QED) is 0.392. The average Bonchev–Trinajstić information content (AvgIpc) is 3.39. The Morgan fingerprint density at radius 2 is 1.69 bits per heavy atom. The number of fused-ring (bicyclic) bond motifs is 1. The fraction of sp³-hybridized carbons (Fsp3) is 0. The summed E-state index contributed by atoms with van der Waals surface area (Å²) >= 11 is 12.6. The molecule has 1 amide bonds. The van der Waals surface area contributed by atoms with Gasteiger partial charge in [0.25, 0.3) is 5.91 Å². The van der Waals surface area contributed by atoms with Crippen molar-refractivity contribution in [3.63, 3.8) is 0 Å². The summed E-state index contributed by atoms with van der Waals surface area (Å²) in [6.07, 6.45) is 3.53. The van der Waals surface area contributed by atoms with Crippen LogP contribution in [0.25, 0.3) is 22.7 Å². The predicted molar refractivity (Wildman–Crippen MR) is 124 cm³/mol. The number of para-hydroxylation sites is 1. The lowest BCUT2D eigenvalue weighted by Crippen LogP contribution is -2.14. The number of anilines is 2. The Hall–Kier alpha value is -3.88. The molecule has 3 N–H and O–H groups in total. The molecule has 0 spiro atoms. The summed E-state index contributed by atoms with van der Waals surface area (Å²) in [4.78, 5) is 12.0. The molecule has 0 bridgehead atoms. The van der Waals surface area contributed by atoms with E-state index in [-0.39, 0.29) is 5.69 Å². The summed E-state index contributed by atoms with van der Waals surface area (Å²) in [6.45, 7) is 0. The van der Waals surface area contributed by atoms with Crippen LogP contribution in [0.2, 0.25) is 10.0 Å². The molecule has 0 unspecified atom stereocenters. The van der Waals surface area contributed by atoms with E-state index in [1.807, 2.05) is 53.1 Å². The summed E-state index contributed by atoms with van der Waals surface area (Å²) in [5.74, 6) is 0.0483. The van der Waals surface area contributed by atoms with Crippen LogP contribution in [0.5, 0.6) is 0 Å². The van der Waals surface area contributed by atoms with Crippen molar-refractivity contribution in [2.45, 2.75) is 0 Å². The fourth-order valence-electron chi connectivity index (χ4n) is 3.37. The van der Waals surface area contributed by atoms with Crippen LogP contribution in [-0.4, -0.2) is 30.3 Å². The number of carbonyl (C=O) groups excluding carboxylic acids is 1. The van der Waals surface area contributed by atoms with Crippen molar-refractivity contribution in [1.82, 2.24) is 24.4 Å². The second kappa shape index (κ2) is 7.99. The van der Waals surface area contributed by atoms with Crippen molar-refractivity contribution in [1.29, 1.82) is 0 Å². The third-order valence-electron chi connectivity index (χ3n) is 4.85. The zero-order chi connectivity index (χ0) is 22.2. The van der Waals surface area contributed by atoms with E-state index in [2.05, 4.69) is 20.6 Å². The first kappa shape index (κ1) is 20.0. The molecule has 5 rings (SSSR count). The number of pyridine rings is 1. The van der Waals surface area contributed by atoms with Crippen molar-refractivity contribution in [2.24, 2.45) is 5.73 Å². The first-order valence-corrected chi connectivity index (χ1v) is 10.3. The van der Waals surface area contributed by atoms with Crippen LogP contribution in [0.4, 0.5) is 11.4 Å². The zero-order valence-electron chi connectivity index (χ0n) is 16.4. The van der Waals surface area contributed by atoms with Gasteiger partial charge >= 0.3 is 0 Å². The van der Waals surface area contributed by atoms with E-state index in [4.69, 9.17) is 28.9 Å². The number of benzene rings is 2. The van der Waals surface area contributed by atoms with E-state index in [0.29, 0.717) is 21.4 Å². The minimum Gasteiger partial charge on any atom is -0.364 e. The lowest BCUT2D eigenvalue weighted by Gasteiger charge is -2.07. The van der Waals surface area contributed by atoms with Gasteiger partial charge in [-0.05, 0) is 48.5 Å². The number of carbonyl (C=O) groups is 1. The maximum Gasteiger partial charge on any atom is 0.271 e. The third-order valence-corrected chi connectivity index (χ3v) is 5.46. The number of rotatable bonds is 5. The van der Waals surface area contributed by atoms with E-state index in [0.717, 1.165) is 22.7 Å². The summed E-state index contributed by atoms with van der Waals surface area (Å²) < 4.78 is 3.34. The normalized spacial score (nSPS) is 11.1. The molecule has 158 valence electrons. The molecule has 0 saturated carbocycles. The molecule has 2 aromatic carbocycles. The molecule has 5 aromatic rings. The number of halogens is 2. The molecule has 8 nitrogen and oxygen atoms in total. The lowest BCUT2D eigenvalue weighted by molar-refractivity contribution is 0.0996. The third kappa shape index (κ3) is 3.55. The van der Waals surface area contributed by atoms with Gasteiger partial charge < -0.3 is 11.1 Å². The first-order valence-electron chi connectivity index (χ1n) is 9.52. The van der Waals surface area contributed by atoms with Crippen molar-refractivity contribution < 1.29 is 4.79 Å². The number of nitrogens with zero attached hydrogens (tertiary/aromatic N) is 5. The minimum absolute atomic E-state index is 0.0634. The smallest absolute Gasteiger partial charge is 0.271 e. The van der Waals surface area contributed by atoms with Crippen LogP contribution in [0.1, 0.15) is 10.5 Å². The Balaban J connectivity index is 1.47. The largest absolute Gasteiger partial charge is 0.364 e. The van der Waals surface area contributed by atoms with Gasteiger partial charge in [-0.2, -0.15) is 5.10 Å². The Morgan fingerprint density at radius 3 is 2.41 bits per heavy atom. The molecular formula is C22H15Cl2N7O. The van der Waals surface area contributed by atoms with Gasteiger partial charge in [-0.3, -0.25) is 9.20 Å². The van der Waals surface area contributed by atoms with Crippen LogP contribution < -0.4 is 11.1 Å². The van der Waals surface area contributed by atoms with Gasteiger partial charge in [-0.25, -0.2) is 4.68 Å². The molecule has 10 heteroatoms. The first-order chi connectivity index (χ1) is 15.5. The zero-order valence-corrected chi connectivity index (χ0v) is 17.9. The highest BCUT2D eigenvalue weighted by Gasteiger charge is 2.18. The number of primary amides is 1. The van der Waals surface area contributed by atoms with Crippen molar-refractivity contribution in [3.05, 3.63) is 88.8 Å². The topological polar surface area (TPSA) is 103 Å². The van der Waals surface area contributed by atoms with Crippen LogP contribution >= 0.6 is 23.2 Å². The van der Waals surface area contributed by atoms with E-state index in [1.165, 1.54) is 4.68 Å². The maximum atomic E-state index is 12.0. The monoisotopic (exact) mass is 463 g/mol. The molecule has 0 radical (unpaired) electrons. The van der Waals surface area contributed by atoms with Gasteiger partial charge in [0.05, 0.1) is 21.9 Å². The number of hydrogen-bond acceptors (Lipinski definition) is 5. The Labute approximate surface area is 192 Å². The second-order valence-electron chi connectivity index (χ2n) is 6.93. The number of nitrogens with two attached hydrogens (primary N) is 1. The van der Waals surface area contributed by atoms with Crippen LogP contribution in [-0.2, 0) is 0 Å². The Morgan fingerprint density at radius 1 is 0.938 bits per heavy atom. The molecule has 0 aliphatic rings. The van der Waals surface area contributed by atoms with Gasteiger partial charge in [0.15, 0.2) is 17.2 Å². The highest BCUT2D eigenvalue weighted by atomic mass is 35.5. The summed E-state index contributed by atoms with van der Waals surface area (Å²) in [5, 5.41) is 16.7. The molecule has 0 aliphatic heterocycles.